The van der Waals surface area contributed by atoms with Crippen LogP contribution in [-0.4, -0.2) is 13.7 Å². The van der Waals surface area contributed by atoms with E-state index in [1.165, 1.54) is 0 Å². The molecular formula is C13H12O. The Labute approximate surface area is 85.1 Å². The van der Waals surface area contributed by atoms with Gasteiger partial charge in [0.1, 0.15) is 0 Å². The van der Waals surface area contributed by atoms with Gasteiger partial charge in [-0.25, -0.2) is 0 Å². The molecule has 0 saturated heterocycles. The predicted octanol–water partition coefficient (Wildman–Crippen LogP) is 2.08. The minimum absolute atomic E-state index is 0.667. The maximum Gasteiger partial charge on any atom is 0.0572 e. The van der Waals surface area contributed by atoms with E-state index in [0.29, 0.717) is 6.61 Å². The van der Waals surface area contributed by atoms with Crippen LogP contribution in [0.25, 0.3) is 0 Å². The first kappa shape index (κ1) is 10.4. The molecule has 0 aliphatic rings. The predicted molar refractivity (Wildman–Crippen MR) is 57.6 cm³/mol. The van der Waals surface area contributed by atoms with Gasteiger partial charge >= 0.3 is 0 Å². The van der Waals surface area contributed by atoms with Gasteiger partial charge in [0.2, 0.25) is 0 Å². The Balaban J connectivity index is 2.43. The minimum Gasteiger partial charge on any atom is -0.384 e. The highest BCUT2D eigenvalue weighted by Gasteiger charge is 1.79. The molecule has 0 fully saturated rings. The van der Waals surface area contributed by atoms with Crippen molar-refractivity contribution < 1.29 is 4.74 Å². The van der Waals surface area contributed by atoms with Crippen LogP contribution in [0, 0.1) is 23.7 Å². The normalized spacial score (nSPS) is 8.07. The molecule has 0 atom stereocenters. The fourth-order valence-electron chi connectivity index (χ4n) is 0.885. The fraction of sp³-hybridized carbons (Fsp3) is 0.231. The number of ether oxygens (including phenoxy) is 1. The largest absolute Gasteiger partial charge is 0.384 e. The van der Waals surface area contributed by atoms with Gasteiger partial charge in [-0.2, -0.15) is 0 Å². The molecule has 0 aliphatic heterocycles. The van der Waals surface area contributed by atoms with E-state index < -0.39 is 0 Å². The summed E-state index contributed by atoms with van der Waals surface area (Å²) in [5.74, 6) is 11.4. The van der Waals surface area contributed by atoms with Gasteiger partial charge in [-0.3, -0.25) is 0 Å². The highest BCUT2D eigenvalue weighted by Crippen LogP contribution is 1.93. The lowest BCUT2D eigenvalue weighted by atomic mass is 10.2. The molecule has 0 bridgehead atoms. The van der Waals surface area contributed by atoms with Crippen molar-refractivity contribution >= 4 is 0 Å². The van der Waals surface area contributed by atoms with Crippen molar-refractivity contribution in [3.63, 3.8) is 0 Å². The first-order chi connectivity index (χ1) is 6.93. The lowest BCUT2D eigenvalue weighted by molar-refractivity contribution is 0.206. The van der Waals surface area contributed by atoms with Crippen LogP contribution in [-0.2, 0) is 4.74 Å². The van der Waals surface area contributed by atoms with Crippen molar-refractivity contribution in [3.8, 4) is 23.7 Å². The topological polar surface area (TPSA) is 9.23 Å². The molecule has 0 aromatic heterocycles. The van der Waals surface area contributed by atoms with Gasteiger partial charge in [-0.15, -0.1) is 0 Å². The quantitative estimate of drug-likeness (QED) is 0.505. The summed E-state index contributed by atoms with van der Waals surface area (Å²) in [4.78, 5) is 0. The van der Waals surface area contributed by atoms with Crippen molar-refractivity contribution in [2.75, 3.05) is 13.7 Å². The SMILES string of the molecule is COCCC#CC#Cc1ccccc1. The smallest absolute Gasteiger partial charge is 0.0572 e. The average molecular weight is 184 g/mol. The van der Waals surface area contributed by atoms with Gasteiger partial charge in [0, 0.05) is 19.1 Å². The van der Waals surface area contributed by atoms with Gasteiger partial charge in [-0.05, 0) is 24.0 Å². The Morgan fingerprint density at radius 3 is 2.64 bits per heavy atom. The maximum absolute atomic E-state index is 4.86. The highest BCUT2D eigenvalue weighted by atomic mass is 16.5. The van der Waals surface area contributed by atoms with Gasteiger partial charge in [-0.1, -0.05) is 30.0 Å². The summed E-state index contributed by atoms with van der Waals surface area (Å²) in [5.41, 5.74) is 0.994. The Hall–Kier alpha value is -1.70. The monoisotopic (exact) mass is 184 g/mol. The molecule has 70 valence electrons. The van der Waals surface area contributed by atoms with Crippen LogP contribution in [0.3, 0.4) is 0 Å². The van der Waals surface area contributed by atoms with Crippen molar-refractivity contribution in [1.29, 1.82) is 0 Å². The van der Waals surface area contributed by atoms with E-state index in [0.717, 1.165) is 12.0 Å². The van der Waals surface area contributed by atoms with Crippen molar-refractivity contribution in [3.05, 3.63) is 35.9 Å². The molecule has 1 rings (SSSR count). The van der Waals surface area contributed by atoms with E-state index in [9.17, 15) is 0 Å². The number of hydrogen-bond acceptors (Lipinski definition) is 1. The Bertz CT molecular complexity index is 370. The van der Waals surface area contributed by atoms with E-state index in [2.05, 4.69) is 23.7 Å². The van der Waals surface area contributed by atoms with Crippen LogP contribution >= 0.6 is 0 Å². The standard InChI is InChI=1S/C13H12O/c1-14-12-8-3-2-5-9-13-10-6-4-7-11-13/h4,6-7,10-11H,8,12H2,1H3. The molecule has 1 aromatic rings. The first-order valence-electron chi connectivity index (χ1n) is 4.46. The fourth-order valence-corrected chi connectivity index (χ4v) is 0.885. The van der Waals surface area contributed by atoms with Crippen molar-refractivity contribution in [2.24, 2.45) is 0 Å². The van der Waals surface area contributed by atoms with Gasteiger partial charge in [0.25, 0.3) is 0 Å². The molecule has 0 saturated carbocycles. The Morgan fingerprint density at radius 2 is 1.93 bits per heavy atom. The Morgan fingerprint density at radius 1 is 1.14 bits per heavy atom. The molecule has 0 radical (unpaired) electrons. The molecule has 0 unspecified atom stereocenters. The van der Waals surface area contributed by atoms with Crippen LogP contribution < -0.4 is 0 Å². The van der Waals surface area contributed by atoms with E-state index in [4.69, 9.17) is 4.74 Å². The van der Waals surface area contributed by atoms with Crippen LogP contribution in [0.15, 0.2) is 30.3 Å². The summed E-state index contributed by atoms with van der Waals surface area (Å²) in [5, 5.41) is 0. The molecule has 1 aromatic carbocycles. The molecule has 0 spiro atoms. The van der Waals surface area contributed by atoms with Crippen molar-refractivity contribution in [1.82, 2.24) is 0 Å². The zero-order valence-corrected chi connectivity index (χ0v) is 8.21. The molecule has 1 nitrogen and oxygen atoms in total. The third kappa shape index (κ3) is 4.36. The van der Waals surface area contributed by atoms with Crippen LogP contribution in [0.5, 0.6) is 0 Å². The van der Waals surface area contributed by atoms with E-state index in [1.807, 2.05) is 30.3 Å². The molecule has 14 heavy (non-hydrogen) atoms. The summed E-state index contributed by atoms with van der Waals surface area (Å²) in [6.07, 6.45) is 0.736. The van der Waals surface area contributed by atoms with E-state index in [-0.39, 0.29) is 0 Å². The average Bonchev–Trinajstić information content (AvgIpc) is 2.25. The lowest BCUT2D eigenvalue weighted by Gasteiger charge is -1.85. The molecule has 0 amide bonds. The zero-order chi connectivity index (χ0) is 10.1. The minimum atomic E-state index is 0.667. The van der Waals surface area contributed by atoms with Crippen molar-refractivity contribution in [2.45, 2.75) is 6.42 Å². The third-order valence-corrected chi connectivity index (χ3v) is 1.56. The first-order valence-corrected chi connectivity index (χ1v) is 4.46. The second-order valence-corrected chi connectivity index (χ2v) is 2.66. The summed E-state index contributed by atoms with van der Waals surface area (Å²) in [6.45, 7) is 0.667. The van der Waals surface area contributed by atoms with E-state index >= 15 is 0 Å². The number of methoxy groups -OCH3 is 1. The van der Waals surface area contributed by atoms with Gasteiger partial charge in [0.15, 0.2) is 0 Å². The summed E-state index contributed by atoms with van der Waals surface area (Å²) in [6, 6.07) is 9.81. The highest BCUT2D eigenvalue weighted by molar-refractivity contribution is 5.39. The zero-order valence-electron chi connectivity index (χ0n) is 8.21. The number of rotatable bonds is 2. The Kier molecular flexibility index (Phi) is 5.03. The molecule has 1 heteroatoms. The van der Waals surface area contributed by atoms with Crippen LogP contribution in [0.2, 0.25) is 0 Å². The van der Waals surface area contributed by atoms with Gasteiger partial charge in [0.05, 0.1) is 6.61 Å². The number of hydrogen-bond donors (Lipinski definition) is 0. The maximum atomic E-state index is 4.86. The summed E-state index contributed by atoms with van der Waals surface area (Å²) in [7, 11) is 1.66. The lowest BCUT2D eigenvalue weighted by Crippen LogP contribution is -1.83. The number of benzene rings is 1. The van der Waals surface area contributed by atoms with Gasteiger partial charge < -0.3 is 4.74 Å². The molecule has 0 aliphatic carbocycles. The van der Waals surface area contributed by atoms with E-state index in [1.54, 1.807) is 7.11 Å². The second-order valence-electron chi connectivity index (χ2n) is 2.66. The molecular weight excluding hydrogens is 172 g/mol. The second kappa shape index (κ2) is 6.78. The van der Waals surface area contributed by atoms with Crippen LogP contribution in [0.1, 0.15) is 12.0 Å². The third-order valence-electron chi connectivity index (χ3n) is 1.56. The molecule has 0 heterocycles. The van der Waals surface area contributed by atoms with Crippen LogP contribution in [0.4, 0.5) is 0 Å². The summed E-state index contributed by atoms with van der Waals surface area (Å²) >= 11 is 0. The molecule has 0 N–H and O–H groups in total. The summed E-state index contributed by atoms with van der Waals surface area (Å²) < 4.78 is 4.86.